The van der Waals surface area contributed by atoms with Gasteiger partial charge in [-0.3, -0.25) is 9.59 Å². The lowest BCUT2D eigenvalue weighted by molar-refractivity contribution is -0.128. The Hall–Kier alpha value is -2.76. The molecule has 1 aliphatic heterocycles. The van der Waals surface area contributed by atoms with E-state index < -0.39 is 6.10 Å². The number of carbonyl (C=O) groups excluding carboxylic acids is 2. The van der Waals surface area contributed by atoms with E-state index in [1.165, 1.54) is 12.5 Å². The Morgan fingerprint density at radius 3 is 2.52 bits per heavy atom. The first kappa shape index (κ1) is 21.0. The molecular formula is C23H30N2O4. The van der Waals surface area contributed by atoms with E-state index in [9.17, 15) is 9.59 Å². The predicted octanol–water partition coefficient (Wildman–Crippen LogP) is 3.90. The van der Waals surface area contributed by atoms with Crippen molar-refractivity contribution in [3.63, 3.8) is 0 Å². The van der Waals surface area contributed by atoms with E-state index in [1.807, 2.05) is 13.0 Å². The summed E-state index contributed by atoms with van der Waals surface area (Å²) in [5, 5.41) is 3.08. The lowest BCUT2D eigenvalue weighted by atomic mass is 10.0. The second-order valence-corrected chi connectivity index (χ2v) is 8.04. The molecule has 1 fully saturated rings. The fourth-order valence-corrected chi connectivity index (χ4v) is 3.58. The quantitative estimate of drug-likeness (QED) is 0.801. The highest BCUT2D eigenvalue weighted by molar-refractivity contribution is 5.93. The monoisotopic (exact) mass is 398 g/mol. The van der Waals surface area contributed by atoms with Gasteiger partial charge < -0.3 is 19.4 Å². The van der Waals surface area contributed by atoms with Crippen LogP contribution in [0.2, 0.25) is 0 Å². The number of piperidine rings is 1. The Kier molecular flexibility index (Phi) is 6.62. The molecule has 1 aromatic heterocycles. The summed E-state index contributed by atoms with van der Waals surface area (Å²) in [6.07, 6.45) is 3.83. The van der Waals surface area contributed by atoms with Crippen molar-refractivity contribution < 1.29 is 18.7 Å². The average molecular weight is 399 g/mol. The van der Waals surface area contributed by atoms with Crippen molar-refractivity contribution in [2.24, 2.45) is 0 Å². The van der Waals surface area contributed by atoms with E-state index in [0.29, 0.717) is 24.6 Å². The number of ether oxygens (including phenoxy) is 1. The van der Waals surface area contributed by atoms with Crippen LogP contribution in [-0.2, 0) is 4.79 Å². The molecule has 3 rings (SSSR count). The second kappa shape index (κ2) is 9.16. The smallest absolute Gasteiger partial charge is 0.260 e. The van der Waals surface area contributed by atoms with Crippen molar-refractivity contribution in [3.05, 3.63) is 53.5 Å². The van der Waals surface area contributed by atoms with Crippen LogP contribution in [0, 0.1) is 6.92 Å². The molecule has 1 saturated heterocycles. The number of carbonyl (C=O) groups is 2. The van der Waals surface area contributed by atoms with Gasteiger partial charge in [-0.1, -0.05) is 26.0 Å². The Morgan fingerprint density at radius 1 is 1.17 bits per heavy atom. The second-order valence-electron chi connectivity index (χ2n) is 8.04. The van der Waals surface area contributed by atoms with E-state index >= 15 is 0 Å². The minimum atomic E-state index is -0.583. The summed E-state index contributed by atoms with van der Waals surface area (Å²) in [6, 6.07) is 7.83. The SMILES string of the molecule is Cc1ccc(C(C)C)c(OC(C)C(=O)NC2CCN(C(=O)c3ccoc3)CC2)c1. The Morgan fingerprint density at radius 2 is 1.90 bits per heavy atom. The minimum Gasteiger partial charge on any atom is -0.481 e. The molecule has 1 N–H and O–H groups in total. The van der Waals surface area contributed by atoms with Crippen molar-refractivity contribution >= 4 is 11.8 Å². The first-order valence-corrected chi connectivity index (χ1v) is 10.2. The lowest BCUT2D eigenvalue weighted by Crippen LogP contribution is -2.49. The zero-order valence-corrected chi connectivity index (χ0v) is 17.6. The third-order valence-electron chi connectivity index (χ3n) is 5.36. The maximum Gasteiger partial charge on any atom is 0.260 e. The Bertz CT molecular complexity index is 837. The fourth-order valence-electron chi connectivity index (χ4n) is 3.58. The highest BCUT2D eigenvalue weighted by Gasteiger charge is 2.27. The summed E-state index contributed by atoms with van der Waals surface area (Å²) in [5.41, 5.74) is 2.77. The maximum atomic E-state index is 12.7. The molecular weight excluding hydrogens is 368 g/mol. The van der Waals surface area contributed by atoms with Gasteiger partial charge in [0.2, 0.25) is 0 Å². The molecule has 2 amide bonds. The molecule has 0 radical (unpaired) electrons. The van der Waals surface area contributed by atoms with Gasteiger partial charge in [0.1, 0.15) is 12.0 Å². The summed E-state index contributed by atoms with van der Waals surface area (Å²) >= 11 is 0. The molecule has 0 bridgehead atoms. The molecule has 156 valence electrons. The van der Waals surface area contributed by atoms with Gasteiger partial charge in [0.05, 0.1) is 11.8 Å². The predicted molar refractivity (Wildman–Crippen MR) is 111 cm³/mol. The number of nitrogens with zero attached hydrogens (tertiary/aromatic N) is 1. The zero-order valence-electron chi connectivity index (χ0n) is 17.6. The summed E-state index contributed by atoms with van der Waals surface area (Å²) in [6.45, 7) is 9.24. The number of hydrogen-bond donors (Lipinski definition) is 1. The first-order valence-electron chi connectivity index (χ1n) is 10.2. The van der Waals surface area contributed by atoms with Crippen molar-refractivity contribution in [1.82, 2.24) is 10.2 Å². The van der Waals surface area contributed by atoms with Crippen molar-refractivity contribution in [2.75, 3.05) is 13.1 Å². The summed E-state index contributed by atoms with van der Waals surface area (Å²) < 4.78 is 11.0. The number of benzene rings is 1. The fraction of sp³-hybridized carbons (Fsp3) is 0.478. The highest BCUT2D eigenvalue weighted by atomic mass is 16.5. The molecule has 2 aromatic rings. The van der Waals surface area contributed by atoms with E-state index in [1.54, 1.807) is 17.9 Å². The lowest BCUT2D eigenvalue weighted by Gasteiger charge is -2.32. The summed E-state index contributed by atoms with van der Waals surface area (Å²) in [4.78, 5) is 26.8. The van der Waals surface area contributed by atoms with Crippen molar-refractivity contribution in [1.29, 1.82) is 0 Å². The molecule has 1 unspecified atom stereocenters. The summed E-state index contributed by atoms with van der Waals surface area (Å²) in [5.74, 6) is 0.933. The third kappa shape index (κ3) is 5.19. The molecule has 2 heterocycles. The number of amides is 2. The van der Waals surface area contributed by atoms with Gasteiger partial charge in [-0.15, -0.1) is 0 Å². The van der Waals surface area contributed by atoms with Crippen LogP contribution < -0.4 is 10.1 Å². The number of nitrogens with one attached hydrogen (secondary N) is 1. The molecule has 1 aliphatic rings. The van der Waals surface area contributed by atoms with E-state index in [4.69, 9.17) is 9.15 Å². The largest absolute Gasteiger partial charge is 0.481 e. The Labute approximate surface area is 172 Å². The van der Waals surface area contributed by atoms with E-state index in [-0.39, 0.29) is 17.9 Å². The zero-order chi connectivity index (χ0) is 21.0. The Balaban J connectivity index is 1.52. The van der Waals surface area contributed by atoms with Gasteiger partial charge in [0, 0.05) is 19.1 Å². The topological polar surface area (TPSA) is 71.8 Å². The van der Waals surface area contributed by atoms with Crippen molar-refractivity contribution in [3.8, 4) is 5.75 Å². The van der Waals surface area contributed by atoms with Crippen LogP contribution in [0.4, 0.5) is 0 Å². The van der Waals surface area contributed by atoms with Crippen molar-refractivity contribution in [2.45, 2.75) is 58.6 Å². The molecule has 0 saturated carbocycles. The molecule has 29 heavy (non-hydrogen) atoms. The maximum absolute atomic E-state index is 12.7. The molecule has 6 heteroatoms. The van der Waals surface area contributed by atoms with Gasteiger partial charge in [-0.05, 0) is 55.9 Å². The standard InChI is InChI=1S/C23H30N2O4/c1-15(2)20-6-5-16(3)13-21(20)29-17(4)22(26)24-19-7-10-25(11-8-19)23(27)18-9-12-28-14-18/h5-6,9,12-15,17,19H,7-8,10-11H2,1-4H3,(H,24,26). The molecule has 0 aliphatic carbocycles. The van der Waals surface area contributed by atoms with Crippen LogP contribution in [0.25, 0.3) is 0 Å². The van der Waals surface area contributed by atoms with Gasteiger partial charge >= 0.3 is 0 Å². The molecule has 0 spiro atoms. The number of furan rings is 1. The normalized spacial score (nSPS) is 16.0. The van der Waals surface area contributed by atoms with E-state index in [2.05, 4.69) is 31.3 Å². The molecule has 6 nitrogen and oxygen atoms in total. The number of likely N-dealkylation sites (tertiary alicyclic amines) is 1. The van der Waals surface area contributed by atoms with Crippen LogP contribution in [0.3, 0.4) is 0 Å². The van der Waals surface area contributed by atoms with Crippen LogP contribution in [-0.4, -0.2) is 41.9 Å². The van der Waals surface area contributed by atoms with Crippen LogP contribution >= 0.6 is 0 Å². The minimum absolute atomic E-state index is 0.0270. The van der Waals surface area contributed by atoms with Crippen LogP contribution in [0.5, 0.6) is 5.75 Å². The first-order chi connectivity index (χ1) is 13.8. The van der Waals surface area contributed by atoms with Crippen LogP contribution in [0.15, 0.2) is 41.2 Å². The highest BCUT2D eigenvalue weighted by Crippen LogP contribution is 2.28. The third-order valence-corrected chi connectivity index (χ3v) is 5.36. The van der Waals surface area contributed by atoms with Gasteiger partial charge in [0.15, 0.2) is 6.10 Å². The van der Waals surface area contributed by atoms with Crippen LogP contribution in [0.1, 0.15) is 61.0 Å². The number of aryl methyl sites for hydroxylation is 1. The number of hydrogen-bond acceptors (Lipinski definition) is 4. The molecule has 1 aromatic carbocycles. The van der Waals surface area contributed by atoms with Gasteiger partial charge in [0.25, 0.3) is 11.8 Å². The average Bonchev–Trinajstić information content (AvgIpc) is 3.22. The molecule has 1 atom stereocenters. The summed E-state index contributed by atoms with van der Waals surface area (Å²) in [7, 11) is 0. The van der Waals surface area contributed by atoms with E-state index in [0.717, 1.165) is 29.7 Å². The van der Waals surface area contributed by atoms with Gasteiger partial charge in [-0.25, -0.2) is 0 Å². The van der Waals surface area contributed by atoms with Gasteiger partial charge in [-0.2, -0.15) is 0 Å². The number of rotatable bonds is 6.